The van der Waals surface area contributed by atoms with Crippen LogP contribution >= 0.6 is 27.7 Å². The van der Waals surface area contributed by atoms with Crippen LogP contribution in [-0.2, 0) is 10.4 Å². The van der Waals surface area contributed by atoms with E-state index in [1.54, 1.807) is 0 Å². The maximum Gasteiger partial charge on any atom is 0.230 e. The molecule has 0 radical (unpaired) electrons. The highest BCUT2D eigenvalue weighted by molar-refractivity contribution is 9.10. The highest BCUT2D eigenvalue weighted by atomic mass is 79.9. The van der Waals surface area contributed by atoms with Crippen molar-refractivity contribution in [3.05, 3.63) is 34.3 Å². The van der Waals surface area contributed by atoms with Crippen molar-refractivity contribution in [3.63, 3.8) is 0 Å². The average molecular weight is 332 g/mol. The molecule has 0 unspecified atom stereocenters. The van der Waals surface area contributed by atoms with E-state index in [1.807, 2.05) is 37.4 Å². The van der Waals surface area contributed by atoms with E-state index in [2.05, 4.69) is 21.2 Å². The van der Waals surface area contributed by atoms with Gasteiger partial charge in [-0.2, -0.15) is 11.8 Å². The highest BCUT2D eigenvalue weighted by Gasteiger charge is 2.27. The van der Waals surface area contributed by atoms with Gasteiger partial charge in [0.05, 0.1) is 12.3 Å². The van der Waals surface area contributed by atoms with Crippen LogP contribution in [0.15, 0.2) is 28.7 Å². The standard InChI is InChI=1S/C13H18BrNO2S/c1-3-13(17,9-15-12(16)8-18-2)10-4-6-11(14)7-5-10/h4-7,17H,3,8-9H2,1-2H3,(H,15,16)/t13-/m0/s1. The Morgan fingerprint density at radius 3 is 2.56 bits per heavy atom. The minimum atomic E-state index is -1.01. The Hall–Kier alpha value is -0.520. The van der Waals surface area contributed by atoms with E-state index in [0.29, 0.717) is 12.2 Å². The molecule has 0 spiro atoms. The largest absolute Gasteiger partial charge is 0.383 e. The van der Waals surface area contributed by atoms with Gasteiger partial charge in [-0.25, -0.2) is 0 Å². The zero-order valence-electron chi connectivity index (χ0n) is 10.6. The van der Waals surface area contributed by atoms with Crippen LogP contribution in [0.25, 0.3) is 0 Å². The third kappa shape index (κ3) is 4.30. The van der Waals surface area contributed by atoms with Crippen molar-refractivity contribution in [2.45, 2.75) is 18.9 Å². The topological polar surface area (TPSA) is 49.3 Å². The number of carbonyl (C=O) groups is 1. The van der Waals surface area contributed by atoms with Crippen LogP contribution in [-0.4, -0.2) is 29.6 Å². The number of nitrogens with one attached hydrogen (secondary N) is 1. The number of benzene rings is 1. The summed E-state index contributed by atoms with van der Waals surface area (Å²) < 4.78 is 0.969. The molecule has 0 fully saturated rings. The molecule has 0 bridgehead atoms. The second-order valence-electron chi connectivity index (χ2n) is 4.10. The number of halogens is 1. The van der Waals surface area contributed by atoms with Crippen molar-refractivity contribution in [2.24, 2.45) is 0 Å². The fourth-order valence-electron chi connectivity index (χ4n) is 1.62. The molecule has 1 aromatic rings. The quantitative estimate of drug-likeness (QED) is 0.842. The summed E-state index contributed by atoms with van der Waals surface area (Å²) in [5.41, 5.74) is -0.188. The lowest BCUT2D eigenvalue weighted by Gasteiger charge is -2.27. The van der Waals surface area contributed by atoms with Crippen molar-refractivity contribution >= 4 is 33.6 Å². The highest BCUT2D eigenvalue weighted by Crippen LogP contribution is 2.25. The summed E-state index contributed by atoms with van der Waals surface area (Å²) in [7, 11) is 0. The van der Waals surface area contributed by atoms with Gasteiger partial charge in [0.15, 0.2) is 0 Å². The second kappa shape index (κ2) is 7.16. The molecule has 1 amide bonds. The lowest BCUT2D eigenvalue weighted by atomic mass is 9.91. The monoisotopic (exact) mass is 331 g/mol. The smallest absolute Gasteiger partial charge is 0.230 e. The maximum absolute atomic E-state index is 11.4. The van der Waals surface area contributed by atoms with E-state index >= 15 is 0 Å². The molecule has 2 N–H and O–H groups in total. The molecule has 0 aliphatic rings. The Morgan fingerprint density at radius 1 is 1.44 bits per heavy atom. The molecular weight excluding hydrogens is 314 g/mol. The van der Waals surface area contributed by atoms with Crippen LogP contribution in [0.1, 0.15) is 18.9 Å². The van der Waals surface area contributed by atoms with Crippen molar-refractivity contribution in [1.82, 2.24) is 5.32 Å². The van der Waals surface area contributed by atoms with Gasteiger partial charge in [-0.05, 0) is 30.4 Å². The second-order valence-corrected chi connectivity index (χ2v) is 5.88. The van der Waals surface area contributed by atoms with Gasteiger partial charge in [0.1, 0.15) is 5.60 Å². The minimum absolute atomic E-state index is 0.0495. The predicted octanol–water partition coefficient (Wildman–Crippen LogP) is 2.53. The first-order valence-corrected chi connectivity index (χ1v) is 7.94. The molecular formula is C13H18BrNO2S. The van der Waals surface area contributed by atoms with Crippen LogP contribution < -0.4 is 5.32 Å². The van der Waals surface area contributed by atoms with Crippen molar-refractivity contribution in [3.8, 4) is 0 Å². The molecule has 5 heteroatoms. The predicted molar refractivity (Wildman–Crippen MR) is 79.7 cm³/mol. The summed E-state index contributed by atoms with van der Waals surface area (Å²) in [5, 5.41) is 13.3. The molecule has 0 saturated heterocycles. The number of amides is 1. The lowest BCUT2D eigenvalue weighted by Crippen LogP contribution is -2.41. The minimum Gasteiger partial charge on any atom is -0.383 e. The molecule has 1 atom stereocenters. The molecule has 0 aliphatic heterocycles. The molecule has 0 aromatic heterocycles. The van der Waals surface area contributed by atoms with E-state index in [0.717, 1.165) is 10.0 Å². The molecule has 0 heterocycles. The molecule has 1 rings (SSSR count). The van der Waals surface area contributed by atoms with E-state index < -0.39 is 5.60 Å². The van der Waals surface area contributed by atoms with Crippen LogP contribution in [0.2, 0.25) is 0 Å². The first kappa shape index (κ1) is 15.5. The Bertz CT molecular complexity index is 396. The maximum atomic E-state index is 11.4. The zero-order valence-corrected chi connectivity index (χ0v) is 13.0. The van der Waals surface area contributed by atoms with Gasteiger partial charge < -0.3 is 10.4 Å². The third-order valence-electron chi connectivity index (χ3n) is 2.82. The van der Waals surface area contributed by atoms with Crippen LogP contribution in [0.3, 0.4) is 0 Å². The number of carbonyl (C=O) groups excluding carboxylic acids is 1. The van der Waals surface area contributed by atoms with E-state index in [9.17, 15) is 9.90 Å². The molecule has 18 heavy (non-hydrogen) atoms. The number of aliphatic hydroxyl groups is 1. The first-order chi connectivity index (χ1) is 8.51. The van der Waals surface area contributed by atoms with Gasteiger partial charge in [-0.1, -0.05) is 35.0 Å². The molecule has 0 aliphatic carbocycles. The normalized spacial score (nSPS) is 14.0. The number of hydrogen-bond acceptors (Lipinski definition) is 3. The summed E-state index contributed by atoms with van der Waals surface area (Å²) in [6.07, 6.45) is 2.43. The Morgan fingerprint density at radius 2 is 2.06 bits per heavy atom. The Labute approximate surface area is 120 Å². The van der Waals surface area contributed by atoms with Gasteiger partial charge in [0, 0.05) is 4.47 Å². The van der Waals surface area contributed by atoms with E-state index in [1.165, 1.54) is 11.8 Å². The summed E-state index contributed by atoms with van der Waals surface area (Å²) >= 11 is 4.83. The van der Waals surface area contributed by atoms with Crippen molar-refractivity contribution in [1.29, 1.82) is 0 Å². The summed E-state index contributed by atoms with van der Waals surface area (Å²) in [6.45, 7) is 2.15. The number of rotatable bonds is 6. The van der Waals surface area contributed by atoms with Gasteiger partial charge in [0.2, 0.25) is 5.91 Å². The third-order valence-corrected chi connectivity index (χ3v) is 3.90. The zero-order chi connectivity index (χ0) is 13.6. The summed E-state index contributed by atoms with van der Waals surface area (Å²) in [4.78, 5) is 11.4. The van der Waals surface area contributed by atoms with E-state index in [4.69, 9.17) is 0 Å². The van der Waals surface area contributed by atoms with Gasteiger partial charge >= 0.3 is 0 Å². The molecule has 1 aromatic carbocycles. The molecule has 0 saturated carbocycles. The lowest BCUT2D eigenvalue weighted by molar-refractivity contribution is -0.119. The van der Waals surface area contributed by atoms with Gasteiger partial charge in [-0.3, -0.25) is 4.79 Å². The average Bonchev–Trinajstić information content (AvgIpc) is 2.37. The van der Waals surface area contributed by atoms with E-state index in [-0.39, 0.29) is 12.5 Å². The summed E-state index contributed by atoms with van der Waals surface area (Å²) in [5.74, 6) is 0.367. The first-order valence-electron chi connectivity index (χ1n) is 5.76. The fourth-order valence-corrected chi connectivity index (χ4v) is 2.25. The van der Waals surface area contributed by atoms with Gasteiger partial charge in [-0.15, -0.1) is 0 Å². The van der Waals surface area contributed by atoms with Crippen LogP contribution in [0.4, 0.5) is 0 Å². The van der Waals surface area contributed by atoms with Crippen LogP contribution in [0.5, 0.6) is 0 Å². The summed E-state index contributed by atoms with van der Waals surface area (Å²) in [6, 6.07) is 7.52. The van der Waals surface area contributed by atoms with Crippen molar-refractivity contribution < 1.29 is 9.90 Å². The van der Waals surface area contributed by atoms with Crippen molar-refractivity contribution in [2.75, 3.05) is 18.6 Å². The Kier molecular flexibility index (Phi) is 6.18. The number of hydrogen-bond donors (Lipinski definition) is 2. The SMILES string of the molecule is CC[C@](O)(CNC(=O)CSC)c1ccc(Br)cc1. The number of thioether (sulfide) groups is 1. The molecule has 3 nitrogen and oxygen atoms in total. The van der Waals surface area contributed by atoms with Gasteiger partial charge in [0.25, 0.3) is 0 Å². The van der Waals surface area contributed by atoms with Crippen LogP contribution in [0, 0.1) is 0 Å². The molecule has 100 valence electrons. The Balaban J connectivity index is 2.73. The fraction of sp³-hybridized carbons (Fsp3) is 0.462.